The van der Waals surface area contributed by atoms with Crippen molar-refractivity contribution in [1.82, 2.24) is 5.32 Å². The fourth-order valence-electron chi connectivity index (χ4n) is 2.66. The Balaban J connectivity index is 1.66. The number of benzene rings is 1. The molecule has 1 aromatic carbocycles. The maximum Gasteiger partial charge on any atom is 0.142 e. The molecule has 0 unspecified atom stereocenters. The van der Waals surface area contributed by atoms with Gasteiger partial charge in [-0.2, -0.15) is 0 Å². The molecule has 0 amide bonds. The van der Waals surface area contributed by atoms with Gasteiger partial charge in [-0.3, -0.25) is 0 Å². The molecule has 0 bridgehead atoms. The third-order valence-corrected chi connectivity index (χ3v) is 4.07. The minimum atomic E-state index is -0.330. The Morgan fingerprint density at radius 3 is 2.72 bits per heavy atom. The number of hydrogen-bond donors (Lipinski definition) is 1. The van der Waals surface area contributed by atoms with E-state index in [0.717, 1.165) is 24.6 Å². The van der Waals surface area contributed by atoms with Crippen molar-refractivity contribution >= 4 is 11.6 Å². The van der Waals surface area contributed by atoms with E-state index in [1.54, 1.807) is 6.07 Å². The largest absolute Gasteiger partial charge is 0.313 e. The minimum Gasteiger partial charge on any atom is -0.313 e. The van der Waals surface area contributed by atoms with Crippen molar-refractivity contribution in [1.29, 1.82) is 0 Å². The van der Waals surface area contributed by atoms with Crippen LogP contribution in [0.1, 0.15) is 44.1 Å². The summed E-state index contributed by atoms with van der Waals surface area (Å²) in [4.78, 5) is 0. The van der Waals surface area contributed by atoms with Gasteiger partial charge >= 0.3 is 0 Å². The van der Waals surface area contributed by atoms with E-state index in [2.05, 4.69) is 5.32 Å². The van der Waals surface area contributed by atoms with Crippen molar-refractivity contribution in [3.8, 4) is 0 Å². The number of halogens is 2. The molecule has 2 rings (SSSR count). The lowest BCUT2D eigenvalue weighted by Gasteiger charge is -2.21. The lowest BCUT2D eigenvalue weighted by molar-refractivity contribution is 0.334. The van der Waals surface area contributed by atoms with E-state index in [1.165, 1.54) is 44.6 Å². The van der Waals surface area contributed by atoms with E-state index in [4.69, 9.17) is 11.6 Å². The summed E-state index contributed by atoms with van der Waals surface area (Å²) < 4.78 is 13.2. The topological polar surface area (TPSA) is 12.0 Å². The molecule has 1 aliphatic rings. The van der Waals surface area contributed by atoms with Crippen molar-refractivity contribution in [3.05, 3.63) is 34.6 Å². The molecule has 0 spiro atoms. The zero-order valence-electron chi connectivity index (χ0n) is 10.7. The summed E-state index contributed by atoms with van der Waals surface area (Å²) in [5.74, 6) is 0.566. The van der Waals surface area contributed by atoms with Gasteiger partial charge in [0.05, 0.1) is 5.02 Å². The Hall–Kier alpha value is -0.600. The summed E-state index contributed by atoms with van der Waals surface area (Å²) in [6.07, 6.45) is 8.22. The Morgan fingerprint density at radius 1 is 1.22 bits per heavy atom. The quantitative estimate of drug-likeness (QED) is 0.774. The molecule has 100 valence electrons. The van der Waals surface area contributed by atoms with Crippen LogP contribution in [-0.4, -0.2) is 6.54 Å². The van der Waals surface area contributed by atoms with Crippen LogP contribution in [0.4, 0.5) is 4.39 Å². The van der Waals surface area contributed by atoms with Crippen LogP contribution in [0.3, 0.4) is 0 Å². The summed E-state index contributed by atoms with van der Waals surface area (Å²) in [5.41, 5.74) is 0.959. The van der Waals surface area contributed by atoms with Gasteiger partial charge < -0.3 is 5.32 Å². The highest BCUT2D eigenvalue weighted by Gasteiger charge is 2.12. The Labute approximate surface area is 114 Å². The molecular weight excluding hydrogens is 249 g/mol. The van der Waals surface area contributed by atoms with Crippen LogP contribution in [0, 0.1) is 11.7 Å². The van der Waals surface area contributed by atoms with E-state index in [0.29, 0.717) is 0 Å². The second-order valence-corrected chi connectivity index (χ2v) is 5.63. The molecule has 3 heteroatoms. The summed E-state index contributed by atoms with van der Waals surface area (Å²) in [5, 5.41) is 3.58. The highest BCUT2D eigenvalue weighted by Crippen LogP contribution is 2.25. The van der Waals surface area contributed by atoms with Gasteiger partial charge in [0.2, 0.25) is 0 Å². The van der Waals surface area contributed by atoms with Gasteiger partial charge in [0.25, 0.3) is 0 Å². The summed E-state index contributed by atoms with van der Waals surface area (Å²) in [7, 11) is 0. The fourth-order valence-corrected chi connectivity index (χ4v) is 2.78. The average molecular weight is 270 g/mol. The van der Waals surface area contributed by atoms with Gasteiger partial charge in [-0.05, 0) is 36.6 Å². The van der Waals surface area contributed by atoms with Crippen LogP contribution in [0.2, 0.25) is 5.02 Å². The zero-order valence-corrected chi connectivity index (χ0v) is 11.5. The normalized spacial score (nSPS) is 17.0. The van der Waals surface area contributed by atoms with Crippen LogP contribution in [0.5, 0.6) is 0 Å². The molecule has 1 nitrogen and oxygen atoms in total. The Morgan fingerprint density at radius 2 is 2.00 bits per heavy atom. The summed E-state index contributed by atoms with van der Waals surface area (Å²) in [6, 6.07) is 5.00. The van der Waals surface area contributed by atoms with Crippen molar-refractivity contribution < 1.29 is 4.39 Å². The monoisotopic (exact) mass is 269 g/mol. The van der Waals surface area contributed by atoms with Crippen LogP contribution >= 0.6 is 11.6 Å². The van der Waals surface area contributed by atoms with Crippen LogP contribution in [0.25, 0.3) is 0 Å². The average Bonchev–Trinajstić information content (AvgIpc) is 2.40. The second-order valence-electron chi connectivity index (χ2n) is 5.22. The van der Waals surface area contributed by atoms with Crippen molar-refractivity contribution in [2.75, 3.05) is 6.54 Å². The van der Waals surface area contributed by atoms with Gasteiger partial charge in [0.1, 0.15) is 5.82 Å². The van der Waals surface area contributed by atoms with E-state index in [-0.39, 0.29) is 10.8 Å². The molecule has 0 saturated heterocycles. The third-order valence-electron chi connectivity index (χ3n) is 3.77. The lowest BCUT2D eigenvalue weighted by atomic mass is 9.87. The SMILES string of the molecule is Fc1cc(CNCCC2CCCCC2)ccc1Cl. The number of hydrogen-bond acceptors (Lipinski definition) is 1. The molecular formula is C15H21ClFN. The first-order valence-electron chi connectivity index (χ1n) is 6.90. The first kappa shape index (κ1) is 13.8. The van der Waals surface area contributed by atoms with Crippen molar-refractivity contribution in [2.24, 2.45) is 5.92 Å². The number of rotatable bonds is 5. The van der Waals surface area contributed by atoms with E-state index < -0.39 is 0 Å². The molecule has 0 aromatic heterocycles. The number of nitrogens with one attached hydrogen (secondary N) is 1. The van der Waals surface area contributed by atoms with Crippen molar-refractivity contribution in [3.63, 3.8) is 0 Å². The lowest BCUT2D eigenvalue weighted by Crippen LogP contribution is -2.19. The second kappa shape index (κ2) is 7.10. The van der Waals surface area contributed by atoms with Gasteiger partial charge in [0.15, 0.2) is 0 Å². The highest BCUT2D eigenvalue weighted by atomic mass is 35.5. The van der Waals surface area contributed by atoms with Gasteiger partial charge in [-0.25, -0.2) is 4.39 Å². The fraction of sp³-hybridized carbons (Fsp3) is 0.600. The predicted octanol–water partition coefficient (Wildman–Crippen LogP) is 4.54. The zero-order chi connectivity index (χ0) is 12.8. The van der Waals surface area contributed by atoms with Crippen LogP contribution in [-0.2, 0) is 6.54 Å². The van der Waals surface area contributed by atoms with Crippen LogP contribution in [0.15, 0.2) is 18.2 Å². The van der Waals surface area contributed by atoms with E-state index in [9.17, 15) is 4.39 Å². The molecule has 0 atom stereocenters. The molecule has 0 heterocycles. The summed E-state index contributed by atoms with van der Waals surface area (Å²) >= 11 is 5.65. The molecule has 1 saturated carbocycles. The molecule has 1 N–H and O–H groups in total. The molecule has 1 aromatic rings. The van der Waals surface area contributed by atoms with Crippen LogP contribution < -0.4 is 5.32 Å². The first-order chi connectivity index (χ1) is 8.75. The van der Waals surface area contributed by atoms with Gasteiger partial charge in [-0.15, -0.1) is 0 Å². The molecule has 0 aliphatic heterocycles. The Kier molecular flexibility index (Phi) is 5.45. The van der Waals surface area contributed by atoms with E-state index >= 15 is 0 Å². The third kappa shape index (κ3) is 4.25. The summed E-state index contributed by atoms with van der Waals surface area (Å²) in [6.45, 7) is 1.75. The molecule has 0 radical (unpaired) electrons. The molecule has 1 fully saturated rings. The van der Waals surface area contributed by atoms with Gasteiger partial charge in [0, 0.05) is 6.54 Å². The predicted molar refractivity (Wildman–Crippen MR) is 74.3 cm³/mol. The standard InChI is InChI=1S/C15H21ClFN/c16-14-7-6-13(10-15(14)17)11-18-9-8-12-4-2-1-3-5-12/h6-7,10,12,18H,1-5,8-9,11H2. The molecule has 18 heavy (non-hydrogen) atoms. The Bertz CT molecular complexity index is 375. The van der Waals surface area contributed by atoms with E-state index in [1.807, 2.05) is 6.07 Å². The maximum absolute atomic E-state index is 13.2. The maximum atomic E-state index is 13.2. The highest BCUT2D eigenvalue weighted by molar-refractivity contribution is 6.30. The van der Waals surface area contributed by atoms with Gasteiger partial charge in [-0.1, -0.05) is 49.8 Å². The molecule has 1 aliphatic carbocycles. The van der Waals surface area contributed by atoms with Crippen molar-refractivity contribution in [2.45, 2.75) is 45.1 Å². The smallest absolute Gasteiger partial charge is 0.142 e. The first-order valence-corrected chi connectivity index (χ1v) is 7.28. The minimum absolute atomic E-state index is 0.195.